The Labute approximate surface area is 131 Å². The van der Waals surface area contributed by atoms with Crippen LogP contribution in [0.2, 0.25) is 10.0 Å². The lowest BCUT2D eigenvalue weighted by Crippen LogP contribution is -2.02. The van der Waals surface area contributed by atoms with Gasteiger partial charge in [-0.3, -0.25) is 4.98 Å². The van der Waals surface area contributed by atoms with Crippen LogP contribution in [0.3, 0.4) is 0 Å². The van der Waals surface area contributed by atoms with Crippen LogP contribution < -0.4 is 5.32 Å². The number of anilines is 1. The van der Waals surface area contributed by atoms with Gasteiger partial charge in [0.2, 0.25) is 0 Å². The van der Waals surface area contributed by atoms with E-state index in [1.807, 2.05) is 30.3 Å². The molecule has 3 aromatic rings. The Morgan fingerprint density at radius 3 is 2.52 bits per heavy atom. The smallest absolute Gasteiger partial charge is 0.126 e. The van der Waals surface area contributed by atoms with E-state index >= 15 is 0 Å². The standard InChI is InChI=1S/C16H11Cl2FN2/c17-13-7-11(19)8-14(18)16(13)21-9-10-5-6-20-15-4-2-1-3-12(10)15/h1-8,21H,9H2. The van der Waals surface area contributed by atoms with Crippen molar-refractivity contribution in [2.45, 2.75) is 6.54 Å². The number of hydrogen-bond donors (Lipinski definition) is 1. The number of aromatic nitrogens is 1. The van der Waals surface area contributed by atoms with Crippen LogP contribution in [0.5, 0.6) is 0 Å². The van der Waals surface area contributed by atoms with Crippen LogP contribution in [-0.2, 0) is 6.54 Å². The molecule has 0 fully saturated rings. The minimum Gasteiger partial charge on any atom is -0.379 e. The molecule has 2 aromatic carbocycles. The zero-order chi connectivity index (χ0) is 14.8. The molecular weight excluding hydrogens is 310 g/mol. The zero-order valence-corrected chi connectivity index (χ0v) is 12.4. The molecule has 1 heterocycles. The van der Waals surface area contributed by atoms with E-state index in [9.17, 15) is 4.39 Å². The molecule has 0 spiro atoms. The molecule has 0 bridgehead atoms. The molecule has 5 heteroatoms. The third kappa shape index (κ3) is 2.94. The molecule has 0 aliphatic carbocycles. The van der Waals surface area contributed by atoms with E-state index in [2.05, 4.69) is 10.3 Å². The van der Waals surface area contributed by atoms with Crippen LogP contribution >= 0.6 is 23.2 Å². The van der Waals surface area contributed by atoms with Crippen molar-refractivity contribution in [2.24, 2.45) is 0 Å². The molecule has 0 saturated heterocycles. The highest BCUT2D eigenvalue weighted by Gasteiger charge is 2.09. The van der Waals surface area contributed by atoms with Gasteiger partial charge in [-0.15, -0.1) is 0 Å². The Bertz CT molecular complexity index is 777. The van der Waals surface area contributed by atoms with Gasteiger partial charge >= 0.3 is 0 Å². The van der Waals surface area contributed by atoms with E-state index in [0.717, 1.165) is 16.5 Å². The van der Waals surface area contributed by atoms with Crippen LogP contribution in [0, 0.1) is 5.82 Å². The van der Waals surface area contributed by atoms with E-state index in [4.69, 9.17) is 23.2 Å². The van der Waals surface area contributed by atoms with Crippen LogP contribution in [0.15, 0.2) is 48.7 Å². The molecular formula is C16H11Cl2FN2. The Morgan fingerprint density at radius 1 is 1.05 bits per heavy atom. The fourth-order valence-electron chi connectivity index (χ4n) is 2.20. The first kappa shape index (κ1) is 14.1. The summed E-state index contributed by atoms with van der Waals surface area (Å²) in [6.45, 7) is 0.522. The number of fused-ring (bicyclic) bond motifs is 1. The Balaban J connectivity index is 1.91. The van der Waals surface area contributed by atoms with Crippen molar-refractivity contribution in [3.63, 3.8) is 0 Å². The second-order valence-electron chi connectivity index (χ2n) is 4.59. The predicted octanol–water partition coefficient (Wildman–Crippen LogP) is 5.29. The quantitative estimate of drug-likeness (QED) is 0.709. The minimum absolute atomic E-state index is 0.262. The summed E-state index contributed by atoms with van der Waals surface area (Å²) in [7, 11) is 0. The van der Waals surface area contributed by atoms with Gasteiger partial charge in [-0.05, 0) is 29.8 Å². The van der Waals surface area contributed by atoms with Crippen LogP contribution in [0.25, 0.3) is 10.9 Å². The van der Waals surface area contributed by atoms with Crippen LogP contribution in [0.4, 0.5) is 10.1 Å². The summed E-state index contributed by atoms with van der Waals surface area (Å²) in [5, 5.41) is 4.74. The lowest BCUT2D eigenvalue weighted by molar-refractivity contribution is 0.628. The molecule has 2 nitrogen and oxygen atoms in total. The fraction of sp³-hybridized carbons (Fsp3) is 0.0625. The molecule has 106 valence electrons. The summed E-state index contributed by atoms with van der Waals surface area (Å²) >= 11 is 12.0. The van der Waals surface area contributed by atoms with Gasteiger partial charge in [0.15, 0.2) is 0 Å². The lowest BCUT2D eigenvalue weighted by Gasteiger charge is -2.12. The summed E-state index contributed by atoms with van der Waals surface area (Å²) in [6.07, 6.45) is 1.76. The molecule has 1 N–H and O–H groups in total. The summed E-state index contributed by atoms with van der Waals surface area (Å²) in [4.78, 5) is 4.31. The molecule has 3 rings (SSSR count). The average molecular weight is 321 g/mol. The Morgan fingerprint density at radius 2 is 1.76 bits per heavy atom. The second-order valence-corrected chi connectivity index (χ2v) is 5.40. The summed E-state index contributed by atoms with van der Waals surface area (Å²) < 4.78 is 13.2. The van der Waals surface area contributed by atoms with Gasteiger partial charge in [-0.1, -0.05) is 41.4 Å². The van der Waals surface area contributed by atoms with Gasteiger partial charge in [0.25, 0.3) is 0 Å². The topological polar surface area (TPSA) is 24.9 Å². The fourth-order valence-corrected chi connectivity index (χ4v) is 2.80. The van der Waals surface area contributed by atoms with Gasteiger partial charge in [-0.25, -0.2) is 4.39 Å². The first-order valence-corrected chi connectivity index (χ1v) is 7.12. The van der Waals surface area contributed by atoms with Crippen LogP contribution in [-0.4, -0.2) is 4.98 Å². The number of rotatable bonds is 3. The SMILES string of the molecule is Fc1cc(Cl)c(NCc2ccnc3ccccc23)c(Cl)c1. The lowest BCUT2D eigenvalue weighted by atomic mass is 10.1. The van der Waals surface area contributed by atoms with Crippen molar-refractivity contribution >= 4 is 39.8 Å². The maximum absolute atomic E-state index is 13.2. The maximum atomic E-state index is 13.2. The molecule has 21 heavy (non-hydrogen) atoms. The molecule has 0 aliphatic heterocycles. The first-order chi connectivity index (χ1) is 10.1. The van der Waals surface area contributed by atoms with Crippen molar-refractivity contribution in [3.05, 3.63) is 70.1 Å². The van der Waals surface area contributed by atoms with Gasteiger partial charge in [0, 0.05) is 18.1 Å². The number of nitrogens with one attached hydrogen (secondary N) is 1. The molecule has 0 saturated carbocycles. The summed E-state index contributed by atoms with van der Waals surface area (Å²) in [5.74, 6) is -0.454. The molecule has 0 amide bonds. The van der Waals surface area contributed by atoms with E-state index in [1.165, 1.54) is 12.1 Å². The van der Waals surface area contributed by atoms with Crippen molar-refractivity contribution in [2.75, 3.05) is 5.32 Å². The molecule has 0 aliphatic rings. The van der Waals surface area contributed by atoms with E-state index in [-0.39, 0.29) is 10.0 Å². The predicted molar refractivity (Wildman–Crippen MR) is 85.5 cm³/mol. The highest BCUT2D eigenvalue weighted by Crippen LogP contribution is 2.32. The monoisotopic (exact) mass is 320 g/mol. The van der Waals surface area contributed by atoms with Gasteiger partial charge in [0.05, 0.1) is 21.2 Å². The average Bonchev–Trinajstić information content (AvgIpc) is 2.46. The number of nitrogens with zero attached hydrogens (tertiary/aromatic N) is 1. The first-order valence-electron chi connectivity index (χ1n) is 6.36. The summed E-state index contributed by atoms with van der Waals surface area (Å²) in [6, 6.07) is 12.3. The van der Waals surface area contributed by atoms with Gasteiger partial charge < -0.3 is 5.32 Å². The number of para-hydroxylation sites is 1. The number of pyridine rings is 1. The molecule has 0 radical (unpaired) electrons. The third-order valence-electron chi connectivity index (χ3n) is 3.20. The highest BCUT2D eigenvalue weighted by atomic mass is 35.5. The van der Waals surface area contributed by atoms with E-state index < -0.39 is 5.82 Å². The van der Waals surface area contributed by atoms with Gasteiger partial charge in [0.1, 0.15) is 5.82 Å². The van der Waals surface area contributed by atoms with Crippen molar-refractivity contribution in [3.8, 4) is 0 Å². The third-order valence-corrected chi connectivity index (χ3v) is 3.80. The zero-order valence-electron chi connectivity index (χ0n) is 10.9. The Hall–Kier alpha value is -1.84. The van der Waals surface area contributed by atoms with Gasteiger partial charge in [-0.2, -0.15) is 0 Å². The number of benzene rings is 2. The number of hydrogen-bond acceptors (Lipinski definition) is 2. The normalized spacial score (nSPS) is 10.8. The molecule has 0 atom stereocenters. The van der Waals surface area contributed by atoms with Crippen molar-refractivity contribution in [1.82, 2.24) is 4.98 Å². The van der Waals surface area contributed by atoms with E-state index in [1.54, 1.807) is 6.20 Å². The van der Waals surface area contributed by atoms with E-state index in [0.29, 0.717) is 12.2 Å². The summed E-state index contributed by atoms with van der Waals surface area (Å²) in [5.41, 5.74) is 2.52. The Kier molecular flexibility index (Phi) is 3.95. The second kappa shape index (κ2) is 5.88. The molecule has 0 unspecified atom stereocenters. The maximum Gasteiger partial charge on any atom is 0.126 e. The van der Waals surface area contributed by atoms with Crippen molar-refractivity contribution < 1.29 is 4.39 Å². The van der Waals surface area contributed by atoms with Crippen molar-refractivity contribution in [1.29, 1.82) is 0 Å². The largest absolute Gasteiger partial charge is 0.379 e. The van der Waals surface area contributed by atoms with Crippen LogP contribution in [0.1, 0.15) is 5.56 Å². The highest BCUT2D eigenvalue weighted by molar-refractivity contribution is 6.39. The minimum atomic E-state index is -0.454. The molecule has 1 aromatic heterocycles. The number of halogens is 3.